The predicted molar refractivity (Wildman–Crippen MR) is 90.5 cm³/mol. The van der Waals surface area contributed by atoms with Gasteiger partial charge in [-0.25, -0.2) is 4.79 Å². The Morgan fingerprint density at radius 1 is 1.15 bits per heavy atom. The SMILES string of the molecule is CCOC(=O)COc1cc(Oc2ccc(C(F)(F)F)cc2Cl)ccc1C=O. The van der Waals surface area contributed by atoms with E-state index in [1.807, 2.05) is 0 Å². The number of hydrogen-bond acceptors (Lipinski definition) is 5. The second-order valence-corrected chi connectivity index (χ2v) is 5.56. The Morgan fingerprint density at radius 3 is 2.48 bits per heavy atom. The van der Waals surface area contributed by atoms with Crippen LogP contribution in [-0.2, 0) is 15.7 Å². The molecule has 9 heteroatoms. The normalized spacial score (nSPS) is 11.0. The van der Waals surface area contributed by atoms with E-state index in [-0.39, 0.29) is 34.4 Å². The van der Waals surface area contributed by atoms with Crippen molar-refractivity contribution in [2.75, 3.05) is 13.2 Å². The lowest BCUT2D eigenvalue weighted by molar-refractivity contribution is -0.145. The molecular formula is C18H14ClF3O5. The lowest BCUT2D eigenvalue weighted by Crippen LogP contribution is -2.15. The summed E-state index contributed by atoms with van der Waals surface area (Å²) in [7, 11) is 0. The van der Waals surface area contributed by atoms with Crippen molar-refractivity contribution in [1.29, 1.82) is 0 Å². The number of carbonyl (C=O) groups excluding carboxylic acids is 2. The number of benzene rings is 2. The van der Waals surface area contributed by atoms with Gasteiger partial charge >= 0.3 is 12.1 Å². The van der Waals surface area contributed by atoms with Gasteiger partial charge in [-0.05, 0) is 37.3 Å². The third-order valence-corrected chi connectivity index (χ3v) is 3.55. The molecule has 0 atom stereocenters. The van der Waals surface area contributed by atoms with Gasteiger partial charge in [-0.1, -0.05) is 11.6 Å². The van der Waals surface area contributed by atoms with Crippen LogP contribution in [0.15, 0.2) is 36.4 Å². The van der Waals surface area contributed by atoms with Crippen molar-refractivity contribution >= 4 is 23.9 Å². The molecule has 0 spiro atoms. The van der Waals surface area contributed by atoms with Crippen LogP contribution in [0.3, 0.4) is 0 Å². The van der Waals surface area contributed by atoms with Crippen molar-refractivity contribution in [3.8, 4) is 17.2 Å². The first-order valence-corrected chi connectivity index (χ1v) is 8.04. The number of halogens is 4. The van der Waals surface area contributed by atoms with E-state index in [1.165, 1.54) is 18.2 Å². The molecule has 0 saturated carbocycles. The van der Waals surface area contributed by atoms with Gasteiger partial charge in [-0.3, -0.25) is 4.79 Å². The summed E-state index contributed by atoms with van der Waals surface area (Å²) in [6.07, 6.45) is -4.00. The van der Waals surface area contributed by atoms with Crippen LogP contribution >= 0.6 is 11.6 Å². The summed E-state index contributed by atoms with van der Waals surface area (Å²) in [5, 5.41) is -0.238. The standard InChI is InChI=1S/C18H14ClF3O5/c1-2-25-17(24)10-26-16-8-13(5-3-11(16)9-23)27-15-6-4-12(7-14(15)19)18(20,21)22/h3-9H,2,10H2,1H3. The van der Waals surface area contributed by atoms with E-state index in [0.717, 1.165) is 18.2 Å². The van der Waals surface area contributed by atoms with Crippen molar-refractivity contribution in [2.24, 2.45) is 0 Å². The Morgan fingerprint density at radius 2 is 1.89 bits per heavy atom. The van der Waals surface area contributed by atoms with Crippen molar-refractivity contribution in [3.63, 3.8) is 0 Å². The van der Waals surface area contributed by atoms with E-state index in [0.29, 0.717) is 6.29 Å². The number of alkyl halides is 3. The molecule has 0 fully saturated rings. The van der Waals surface area contributed by atoms with Crippen molar-refractivity contribution in [2.45, 2.75) is 13.1 Å². The average Bonchev–Trinajstić information content (AvgIpc) is 2.61. The van der Waals surface area contributed by atoms with Gasteiger partial charge in [-0.2, -0.15) is 13.2 Å². The first-order chi connectivity index (χ1) is 12.7. The van der Waals surface area contributed by atoms with Crippen molar-refractivity contribution in [1.82, 2.24) is 0 Å². The summed E-state index contributed by atoms with van der Waals surface area (Å²) in [6, 6.07) is 6.76. The molecular weight excluding hydrogens is 389 g/mol. The number of esters is 1. The molecule has 2 aromatic rings. The van der Waals surface area contributed by atoms with E-state index < -0.39 is 24.3 Å². The molecule has 5 nitrogen and oxygen atoms in total. The van der Waals surface area contributed by atoms with Crippen LogP contribution in [0.4, 0.5) is 13.2 Å². The summed E-state index contributed by atoms with van der Waals surface area (Å²) in [5.41, 5.74) is -0.750. The maximum absolute atomic E-state index is 12.7. The zero-order valence-corrected chi connectivity index (χ0v) is 14.8. The summed E-state index contributed by atoms with van der Waals surface area (Å²) in [4.78, 5) is 22.5. The minimum Gasteiger partial charge on any atom is -0.481 e. The Bertz CT molecular complexity index is 836. The molecule has 0 aliphatic carbocycles. The number of carbonyl (C=O) groups is 2. The molecule has 0 radical (unpaired) electrons. The smallest absolute Gasteiger partial charge is 0.416 e. The van der Waals surface area contributed by atoms with Crippen LogP contribution in [0.5, 0.6) is 17.2 Å². The Hall–Kier alpha value is -2.74. The van der Waals surface area contributed by atoms with Gasteiger partial charge in [0, 0.05) is 6.07 Å². The fourth-order valence-electron chi connectivity index (χ4n) is 2.03. The van der Waals surface area contributed by atoms with E-state index in [4.69, 9.17) is 25.8 Å². The molecule has 0 aliphatic heterocycles. The van der Waals surface area contributed by atoms with Gasteiger partial charge in [0.1, 0.15) is 17.2 Å². The Balaban J connectivity index is 2.20. The molecule has 144 valence electrons. The third kappa shape index (κ3) is 5.62. The number of aldehydes is 1. The average molecular weight is 403 g/mol. The molecule has 0 amide bonds. The molecule has 0 heterocycles. The molecule has 0 unspecified atom stereocenters. The highest BCUT2D eigenvalue weighted by Crippen LogP contribution is 2.37. The molecule has 0 N–H and O–H groups in total. The lowest BCUT2D eigenvalue weighted by Gasteiger charge is -2.13. The van der Waals surface area contributed by atoms with Gasteiger partial charge in [0.2, 0.25) is 0 Å². The zero-order valence-electron chi connectivity index (χ0n) is 14.0. The molecule has 0 aromatic heterocycles. The van der Waals surface area contributed by atoms with E-state index in [9.17, 15) is 22.8 Å². The highest BCUT2D eigenvalue weighted by atomic mass is 35.5. The predicted octanol–water partition coefficient (Wildman–Crippen LogP) is 4.91. The monoisotopic (exact) mass is 402 g/mol. The van der Waals surface area contributed by atoms with E-state index in [1.54, 1.807) is 6.92 Å². The third-order valence-electron chi connectivity index (χ3n) is 3.25. The van der Waals surface area contributed by atoms with Crippen molar-refractivity contribution < 1.29 is 37.0 Å². The van der Waals surface area contributed by atoms with Crippen LogP contribution in [-0.4, -0.2) is 25.5 Å². The fraction of sp³-hybridized carbons (Fsp3) is 0.222. The number of ether oxygens (including phenoxy) is 3. The van der Waals surface area contributed by atoms with E-state index in [2.05, 4.69) is 0 Å². The molecule has 2 rings (SSSR count). The van der Waals surface area contributed by atoms with E-state index >= 15 is 0 Å². The van der Waals surface area contributed by atoms with Crippen molar-refractivity contribution in [3.05, 3.63) is 52.5 Å². The first kappa shape index (κ1) is 20.6. The lowest BCUT2D eigenvalue weighted by atomic mass is 10.2. The molecule has 0 bridgehead atoms. The second-order valence-electron chi connectivity index (χ2n) is 5.16. The Kier molecular flexibility index (Phi) is 6.68. The zero-order chi connectivity index (χ0) is 20.0. The van der Waals surface area contributed by atoms with Crippen LogP contribution in [0.25, 0.3) is 0 Å². The van der Waals surface area contributed by atoms with Crippen LogP contribution in [0.1, 0.15) is 22.8 Å². The Labute approximate surface area is 157 Å². The fourth-order valence-corrected chi connectivity index (χ4v) is 2.25. The molecule has 0 saturated heterocycles. The van der Waals surface area contributed by atoms with Gasteiger partial charge in [0.15, 0.2) is 12.9 Å². The highest BCUT2D eigenvalue weighted by Gasteiger charge is 2.31. The molecule has 27 heavy (non-hydrogen) atoms. The second kappa shape index (κ2) is 8.77. The highest BCUT2D eigenvalue weighted by molar-refractivity contribution is 6.32. The summed E-state index contributed by atoms with van der Waals surface area (Å²) < 4.78 is 53.5. The molecule has 0 aliphatic rings. The minimum absolute atomic E-state index is 0.0140. The van der Waals surface area contributed by atoms with Crippen LogP contribution < -0.4 is 9.47 Å². The molecule has 2 aromatic carbocycles. The topological polar surface area (TPSA) is 61.8 Å². The van der Waals surface area contributed by atoms with Gasteiger partial charge in [-0.15, -0.1) is 0 Å². The van der Waals surface area contributed by atoms with Gasteiger partial charge < -0.3 is 14.2 Å². The maximum atomic E-state index is 12.7. The maximum Gasteiger partial charge on any atom is 0.416 e. The first-order valence-electron chi connectivity index (χ1n) is 7.67. The summed E-state index contributed by atoms with van der Waals surface area (Å²) in [5.74, 6) is -0.425. The van der Waals surface area contributed by atoms with Gasteiger partial charge in [0.05, 0.1) is 22.8 Å². The number of rotatable bonds is 7. The largest absolute Gasteiger partial charge is 0.481 e. The summed E-state index contributed by atoms with van der Waals surface area (Å²) in [6.45, 7) is 1.40. The number of hydrogen-bond donors (Lipinski definition) is 0. The minimum atomic E-state index is -4.53. The van der Waals surface area contributed by atoms with Crippen LogP contribution in [0.2, 0.25) is 5.02 Å². The quantitative estimate of drug-likeness (QED) is 0.486. The summed E-state index contributed by atoms with van der Waals surface area (Å²) >= 11 is 5.85. The van der Waals surface area contributed by atoms with Crippen LogP contribution in [0, 0.1) is 0 Å². The van der Waals surface area contributed by atoms with Gasteiger partial charge in [0.25, 0.3) is 0 Å².